The van der Waals surface area contributed by atoms with E-state index in [1.165, 1.54) is 24.3 Å². The van der Waals surface area contributed by atoms with Gasteiger partial charge in [0.1, 0.15) is 11.6 Å². The number of nitrogens with zero attached hydrogens (tertiary/aromatic N) is 2. The number of para-hydroxylation sites is 2. The summed E-state index contributed by atoms with van der Waals surface area (Å²) in [6.45, 7) is 0. The Bertz CT molecular complexity index is 2550. The van der Waals surface area contributed by atoms with Gasteiger partial charge in [0, 0.05) is 48.8 Å². The van der Waals surface area contributed by atoms with Crippen molar-refractivity contribution < 1.29 is 13.3 Å². The Morgan fingerprint density at radius 2 is 0.833 bits per heavy atom. The molecule has 9 aromatic rings. The highest BCUT2D eigenvalue weighted by molar-refractivity contribution is 7.86. The number of hydrogen-bond acceptors (Lipinski definition) is 1. The number of halogens is 2. The number of benzene rings is 7. The maximum Gasteiger partial charge on any atom is 0.172 e. The largest absolute Gasteiger partial charge is 0.309 e. The first-order chi connectivity index (χ1) is 23.5. The van der Waals surface area contributed by atoms with Crippen molar-refractivity contribution in [1.82, 2.24) is 9.13 Å². The van der Waals surface area contributed by atoms with E-state index in [1.807, 2.05) is 127 Å². The predicted octanol–water partition coefficient (Wildman–Crippen LogP) is 9.80. The Morgan fingerprint density at radius 1 is 0.417 bits per heavy atom. The lowest BCUT2D eigenvalue weighted by Gasteiger charge is -2.22. The van der Waals surface area contributed by atoms with Crippen LogP contribution < -0.4 is 15.9 Å². The fourth-order valence-electron chi connectivity index (χ4n) is 7.33. The molecular formula is C42H27F2N2OP. The van der Waals surface area contributed by atoms with E-state index in [9.17, 15) is 0 Å². The third-order valence-corrected chi connectivity index (χ3v) is 12.4. The second kappa shape index (κ2) is 10.9. The van der Waals surface area contributed by atoms with E-state index in [-0.39, 0.29) is 11.6 Å². The molecule has 230 valence electrons. The van der Waals surface area contributed by atoms with E-state index in [0.717, 1.165) is 44.2 Å². The van der Waals surface area contributed by atoms with Crippen LogP contribution >= 0.6 is 7.14 Å². The van der Waals surface area contributed by atoms with Gasteiger partial charge in [0.25, 0.3) is 0 Å². The average molecular weight is 645 g/mol. The van der Waals surface area contributed by atoms with Crippen LogP contribution in [0.3, 0.4) is 0 Å². The van der Waals surface area contributed by atoms with E-state index in [4.69, 9.17) is 0 Å². The highest BCUT2D eigenvalue weighted by atomic mass is 31.2. The zero-order valence-electron chi connectivity index (χ0n) is 25.6. The summed E-state index contributed by atoms with van der Waals surface area (Å²) < 4.78 is 51.0. The Hall–Kier alpha value is -5.77. The summed E-state index contributed by atoms with van der Waals surface area (Å²) in [4.78, 5) is 0. The lowest BCUT2D eigenvalue weighted by molar-refractivity contribution is 0.592. The number of rotatable bonds is 5. The van der Waals surface area contributed by atoms with Crippen molar-refractivity contribution in [3.05, 3.63) is 175 Å². The van der Waals surface area contributed by atoms with Gasteiger partial charge in [0.15, 0.2) is 7.14 Å². The second-order valence-corrected chi connectivity index (χ2v) is 14.7. The van der Waals surface area contributed by atoms with Gasteiger partial charge in [-0.15, -0.1) is 0 Å². The van der Waals surface area contributed by atoms with Crippen LogP contribution in [0.1, 0.15) is 0 Å². The quantitative estimate of drug-likeness (QED) is 0.171. The summed E-state index contributed by atoms with van der Waals surface area (Å²) in [5, 5.41) is 4.62. The molecule has 0 amide bonds. The molecule has 9 rings (SSSR count). The minimum atomic E-state index is -3.73. The van der Waals surface area contributed by atoms with Crippen molar-refractivity contribution in [2.75, 3.05) is 0 Å². The Balaban J connectivity index is 1.47. The minimum Gasteiger partial charge on any atom is -0.309 e. The average Bonchev–Trinajstić information content (AvgIpc) is 3.64. The van der Waals surface area contributed by atoms with Gasteiger partial charge in [-0.3, -0.25) is 0 Å². The molecule has 0 saturated carbocycles. The van der Waals surface area contributed by atoms with Crippen LogP contribution in [0.4, 0.5) is 8.78 Å². The molecule has 0 atom stereocenters. The summed E-state index contributed by atoms with van der Waals surface area (Å²) in [5.41, 5.74) is 5.09. The van der Waals surface area contributed by atoms with E-state index in [0.29, 0.717) is 26.7 Å². The monoisotopic (exact) mass is 644 g/mol. The summed E-state index contributed by atoms with van der Waals surface area (Å²) in [6, 6.07) is 50.6. The lowest BCUT2D eigenvalue weighted by Crippen LogP contribution is -2.26. The summed E-state index contributed by atoms with van der Waals surface area (Å²) >= 11 is 0. The van der Waals surface area contributed by atoms with Gasteiger partial charge in [-0.2, -0.15) is 0 Å². The van der Waals surface area contributed by atoms with Crippen molar-refractivity contribution >= 4 is 66.7 Å². The van der Waals surface area contributed by atoms with Crippen molar-refractivity contribution in [2.45, 2.75) is 0 Å². The van der Waals surface area contributed by atoms with Crippen molar-refractivity contribution in [3.63, 3.8) is 0 Å². The standard InChI is InChI=1S/C42H27F2N2OP/c43-28-22-24-35-33(26-28)41-37(45(35)30-12-4-1-5-13-30)18-10-20-39(41)48(47,32-16-8-3-9-17-32)40-21-11-19-38-42(40)34-27-29(44)23-25-36(34)46(38)31-14-6-2-7-15-31/h1-27H. The fourth-order valence-corrected chi connectivity index (χ4v) is 10.4. The topological polar surface area (TPSA) is 26.9 Å². The van der Waals surface area contributed by atoms with Gasteiger partial charge in [-0.25, -0.2) is 8.78 Å². The van der Waals surface area contributed by atoms with Crippen molar-refractivity contribution in [1.29, 1.82) is 0 Å². The molecule has 0 bridgehead atoms. The smallest absolute Gasteiger partial charge is 0.172 e. The molecule has 2 heterocycles. The zero-order valence-corrected chi connectivity index (χ0v) is 26.5. The minimum absolute atomic E-state index is 0.373. The molecule has 3 nitrogen and oxygen atoms in total. The Morgan fingerprint density at radius 3 is 1.27 bits per heavy atom. The SMILES string of the molecule is O=P(c1ccccc1)(c1cccc2c1c1cc(F)ccc1n2-c1ccccc1)c1cccc2c1c1cc(F)ccc1n2-c1ccccc1. The predicted molar refractivity (Wildman–Crippen MR) is 194 cm³/mol. The molecule has 0 N–H and O–H groups in total. The maximum absolute atomic E-state index is 16.6. The van der Waals surface area contributed by atoms with Crippen molar-refractivity contribution in [2.24, 2.45) is 0 Å². The molecule has 0 fully saturated rings. The van der Waals surface area contributed by atoms with Gasteiger partial charge in [-0.1, -0.05) is 91.0 Å². The summed E-state index contributed by atoms with van der Waals surface area (Å²) in [6.07, 6.45) is 0. The first-order valence-electron chi connectivity index (χ1n) is 15.8. The van der Waals surface area contributed by atoms with Gasteiger partial charge in [0.05, 0.1) is 22.1 Å². The third kappa shape index (κ3) is 4.14. The van der Waals surface area contributed by atoms with Crippen LogP contribution in [0.2, 0.25) is 0 Å². The normalized spacial score (nSPS) is 12.0. The lowest BCUT2D eigenvalue weighted by atomic mass is 10.1. The van der Waals surface area contributed by atoms with E-state index in [2.05, 4.69) is 9.13 Å². The maximum atomic E-state index is 16.6. The van der Waals surface area contributed by atoms with Crippen molar-refractivity contribution in [3.8, 4) is 11.4 Å². The highest BCUT2D eigenvalue weighted by Crippen LogP contribution is 2.49. The second-order valence-electron chi connectivity index (χ2n) is 12.0. The molecule has 0 aliphatic heterocycles. The Kier molecular flexibility index (Phi) is 6.46. The third-order valence-electron chi connectivity index (χ3n) is 9.29. The van der Waals surface area contributed by atoms with Crippen LogP contribution in [0, 0.1) is 11.6 Å². The van der Waals surface area contributed by atoms with E-state index >= 15 is 13.3 Å². The molecule has 2 aromatic heterocycles. The molecule has 0 radical (unpaired) electrons. The molecule has 0 aliphatic rings. The van der Waals surface area contributed by atoms with E-state index in [1.54, 1.807) is 12.1 Å². The van der Waals surface area contributed by atoms with Crippen LogP contribution in [0.25, 0.3) is 55.0 Å². The summed E-state index contributed by atoms with van der Waals surface area (Å²) in [7, 11) is -3.73. The fraction of sp³-hybridized carbons (Fsp3) is 0. The summed E-state index contributed by atoms with van der Waals surface area (Å²) in [5.74, 6) is -0.745. The number of fused-ring (bicyclic) bond motifs is 6. The van der Waals surface area contributed by atoms with Crippen LogP contribution in [0.5, 0.6) is 0 Å². The molecular weight excluding hydrogens is 617 g/mol. The van der Waals surface area contributed by atoms with Crippen LogP contribution in [-0.2, 0) is 4.57 Å². The number of aromatic nitrogens is 2. The highest BCUT2D eigenvalue weighted by Gasteiger charge is 2.36. The van der Waals surface area contributed by atoms with Crippen LogP contribution in [0.15, 0.2) is 164 Å². The molecule has 0 saturated heterocycles. The Labute approximate surface area is 275 Å². The molecule has 7 aromatic carbocycles. The molecule has 0 unspecified atom stereocenters. The molecule has 0 aliphatic carbocycles. The molecule has 0 spiro atoms. The van der Waals surface area contributed by atoms with Crippen LogP contribution in [-0.4, -0.2) is 9.13 Å². The first kappa shape index (κ1) is 28.5. The van der Waals surface area contributed by atoms with Gasteiger partial charge >= 0.3 is 0 Å². The molecule has 48 heavy (non-hydrogen) atoms. The number of hydrogen-bond donors (Lipinski definition) is 0. The van der Waals surface area contributed by atoms with Gasteiger partial charge in [-0.05, 0) is 72.8 Å². The first-order valence-corrected chi connectivity index (χ1v) is 17.5. The van der Waals surface area contributed by atoms with Gasteiger partial charge in [0.2, 0.25) is 0 Å². The zero-order chi connectivity index (χ0) is 32.4. The van der Waals surface area contributed by atoms with E-state index < -0.39 is 7.14 Å². The van der Waals surface area contributed by atoms with Gasteiger partial charge < -0.3 is 13.7 Å². The molecule has 6 heteroatoms.